The summed E-state index contributed by atoms with van der Waals surface area (Å²) in [5, 5.41) is 0. The van der Waals surface area contributed by atoms with E-state index in [4.69, 9.17) is 0 Å². The second-order valence-electron chi connectivity index (χ2n) is 2.15. The molecule has 0 saturated carbocycles. The molecule has 0 aliphatic carbocycles. The molecule has 4 heteroatoms. The van der Waals surface area contributed by atoms with Gasteiger partial charge in [-0.05, 0) is 18.2 Å². The monoisotopic (exact) mass is 181 g/mol. The van der Waals surface area contributed by atoms with Crippen LogP contribution in [0.1, 0.15) is 0 Å². The Hall–Kier alpha value is -1.25. The van der Waals surface area contributed by atoms with E-state index in [-0.39, 0.29) is 0 Å². The zero-order valence-corrected chi connectivity index (χ0v) is 7.30. The van der Waals surface area contributed by atoms with Gasteiger partial charge in [0.1, 0.15) is 0 Å². The lowest BCUT2D eigenvalue weighted by molar-refractivity contribution is 0.565. The first kappa shape index (κ1) is 8.84. The highest BCUT2D eigenvalue weighted by atomic mass is 32.2. The van der Waals surface area contributed by atoms with Crippen molar-refractivity contribution < 1.29 is 9.00 Å². The lowest BCUT2D eigenvalue weighted by Crippen LogP contribution is -1.84. The molecular formula is C8H7NO2S. The molecule has 0 N–H and O–H groups in total. The summed E-state index contributed by atoms with van der Waals surface area (Å²) in [7, 11) is -1.03. The third-order valence-corrected chi connectivity index (χ3v) is 2.24. The highest BCUT2D eigenvalue weighted by molar-refractivity contribution is 7.84. The summed E-state index contributed by atoms with van der Waals surface area (Å²) >= 11 is 0. The fourth-order valence-corrected chi connectivity index (χ4v) is 1.34. The third-order valence-electron chi connectivity index (χ3n) is 1.32. The lowest BCUT2D eigenvalue weighted by Gasteiger charge is -1.95. The summed E-state index contributed by atoms with van der Waals surface area (Å²) < 4.78 is 11.0. The Bertz CT molecular complexity index is 339. The molecule has 0 aliphatic rings. The van der Waals surface area contributed by atoms with Gasteiger partial charge >= 0.3 is 0 Å². The molecule has 0 aromatic heterocycles. The SMILES string of the molecule is CS(=O)c1cccc(N=C=O)c1. The molecule has 0 amide bonds. The predicted octanol–water partition coefficient (Wildman–Crippen LogP) is 1.39. The van der Waals surface area contributed by atoms with E-state index >= 15 is 0 Å². The van der Waals surface area contributed by atoms with E-state index in [0.29, 0.717) is 10.6 Å². The molecule has 0 spiro atoms. The topological polar surface area (TPSA) is 46.5 Å². The van der Waals surface area contributed by atoms with Gasteiger partial charge in [-0.1, -0.05) is 6.07 Å². The van der Waals surface area contributed by atoms with Crippen LogP contribution in [0.2, 0.25) is 0 Å². The molecule has 0 fully saturated rings. The Kier molecular flexibility index (Phi) is 2.91. The number of hydrogen-bond acceptors (Lipinski definition) is 3. The predicted molar refractivity (Wildman–Crippen MR) is 46.6 cm³/mol. The highest BCUT2D eigenvalue weighted by Gasteiger charge is 1.96. The van der Waals surface area contributed by atoms with Crippen LogP contribution in [0.15, 0.2) is 34.2 Å². The lowest BCUT2D eigenvalue weighted by atomic mass is 10.3. The number of rotatable bonds is 2. The second-order valence-corrected chi connectivity index (χ2v) is 3.53. The van der Waals surface area contributed by atoms with Gasteiger partial charge in [-0.3, -0.25) is 4.21 Å². The quantitative estimate of drug-likeness (QED) is 0.511. The van der Waals surface area contributed by atoms with Crippen LogP contribution in [-0.4, -0.2) is 16.5 Å². The fourth-order valence-electron chi connectivity index (χ4n) is 0.785. The summed E-state index contributed by atoms with van der Waals surface area (Å²) in [6.07, 6.45) is 3.00. The number of aliphatic imine (C=N–C) groups is 1. The molecular weight excluding hydrogens is 174 g/mol. The van der Waals surface area contributed by atoms with E-state index in [2.05, 4.69) is 4.99 Å². The maximum Gasteiger partial charge on any atom is 0.240 e. The van der Waals surface area contributed by atoms with Crippen molar-refractivity contribution in [3.8, 4) is 0 Å². The summed E-state index contributed by atoms with van der Waals surface area (Å²) in [4.78, 5) is 14.0. The van der Waals surface area contributed by atoms with Gasteiger partial charge in [0.25, 0.3) is 0 Å². The number of isocyanates is 1. The van der Waals surface area contributed by atoms with Crippen molar-refractivity contribution in [2.24, 2.45) is 4.99 Å². The molecule has 1 aromatic carbocycles. The van der Waals surface area contributed by atoms with Crippen LogP contribution in [0.25, 0.3) is 0 Å². The molecule has 3 nitrogen and oxygen atoms in total. The van der Waals surface area contributed by atoms with Gasteiger partial charge in [-0.25, -0.2) is 4.79 Å². The van der Waals surface area contributed by atoms with Crippen LogP contribution in [0.4, 0.5) is 5.69 Å². The highest BCUT2D eigenvalue weighted by Crippen LogP contribution is 2.14. The van der Waals surface area contributed by atoms with Crippen molar-refractivity contribution in [2.75, 3.05) is 6.26 Å². The van der Waals surface area contributed by atoms with Crippen molar-refractivity contribution in [1.82, 2.24) is 0 Å². The smallest absolute Gasteiger partial charge is 0.240 e. The minimum absolute atomic E-state index is 0.484. The van der Waals surface area contributed by atoms with E-state index in [9.17, 15) is 9.00 Å². The summed E-state index contributed by atoms with van der Waals surface area (Å²) in [5.41, 5.74) is 0.484. The molecule has 1 atom stereocenters. The normalized spacial score (nSPS) is 11.8. The van der Waals surface area contributed by atoms with Gasteiger partial charge in [0.2, 0.25) is 6.08 Å². The van der Waals surface area contributed by atoms with Gasteiger partial charge in [-0.2, -0.15) is 4.99 Å². The second kappa shape index (κ2) is 3.95. The van der Waals surface area contributed by atoms with Gasteiger partial charge < -0.3 is 0 Å². The Morgan fingerprint density at radius 3 is 2.83 bits per heavy atom. The third kappa shape index (κ3) is 2.12. The molecule has 12 heavy (non-hydrogen) atoms. The number of hydrogen-bond donors (Lipinski definition) is 0. The maximum atomic E-state index is 11.0. The Balaban J connectivity index is 3.11. The van der Waals surface area contributed by atoms with Gasteiger partial charge in [0.15, 0.2) is 0 Å². The van der Waals surface area contributed by atoms with Gasteiger partial charge in [0.05, 0.1) is 5.69 Å². The first-order valence-electron chi connectivity index (χ1n) is 3.25. The van der Waals surface area contributed by atoms with E-state index in [1.807, 2.05) is 0 Å². The Morgan fingerprint density at radius 1 is 1.50 bits per heavy atom. The van der Waals surface area contributed by atoms with E-state index < -0.39 is 10.8 Å². The first-order chi connectivity index (χ1) is 5.74. The summed E-state index contributed by atoms with van der Waals surface area (Å²) in [6.45, 7) is 0. The Morgan fingerprint density at radius 2 is 2.25 bits per heavy atom. The molecule has 0 aliphatic heterocycles. The molecule has 1 rings (SSSR count). The minimum atomic E-state index is -1.03. The summed E-state index contributed by atoms with van der Waals surface area (Å²) in [6, 6.07) is 6.68. The van der Waals surface area contributed by atoms with Crippen molar-refractivity contribution in [3.05, 3.63) is 24.3 Å². The van der Waals surface area contributed by atoms with Crippen LogP contribution in [0.5, 0.6) is 0 Å². The average Bonchev–Trinajstić information content (AvgIpc) is 2.05. The molecule has 0 heterocycles. The molecule has 62 valence electrons. The molecule has 0 bridgehead atoms. The standard InChI is InChI=1S/C8H7NO2S/c1-12(11)8-4-2-3-7(5-8)9-6-10/h2-5H,1H3. The van der Waals surface area contributed by atoms with Crippen molar-refractivity contribution in [2.45, 2.75) is 4.90 Å². The van der Waals surface area contributed by atoms with Crippen LogP contribution < -0.4 is 0 Å². The van der Waals surface area contributed by atoms with Crippen molar-refractivity contribution in [3.63, 3.8) is 0 Å². The number of benzene rings is 1. The number of nitrogens with zero attached hydrogens (tertiary/aromatic N) is 1. The Labute approximate surface area is 72.6 Å². The maximum absolute atomic E-state index is 11.0. The first-order valence-corrected chi connectivity index (χ1v) is 4.81. The minimum Gasteiger partial charge on any atom is -0.255 e. The molecule has 0 saturated heterocycles. The molecule has 1 unspecified atom stereocenters. The largest absolute Gasteiger partial charge is 0.255 e. The molecule has 1 aromatic rings. The summed E-state index contributed by atoms with van der Waals surface area (Å²) in [5.74, 6) is 0. The number of carbonyl (C=O) groups excluding carboxylic acids is 1. The van der Waals surface area contributed by atoms with Crippen LogP contribution >= 0.6 is 0 Å². The van der Waals surface area contributed by atoms with Crippen molar-refractivity contribution >= 4 is 22.6 Å². The van der Waals surface area contributed by atoms with E-state index in [0.717, 1.165) is 0 Å². The van der Waals surface area contributed by atoms with Crippen molar-refractivity contribution in [1.29, 1.82) is 0 Å². The van der Waals surface area contributed by atoms with E-state index in [1.165, 1.54) is 6.08 Å². The van der Waals surface area contributed by atoms with E-state index in [1.54, 1.807) is 30.5 Å². The average molecular weight is 181 g/mol. The van der Waals surface area contributed by atoms with Gasteiger partial charge in [0, 0.05) is 22.0 Å². The van der Waals surface area contributed by atoms with Crippen LogP contribution in [0.3, 0.4) is 0 Å². The van der Waals surface area contributed by atoms with Crippen LogP contribution in [-0.2, 0) is 15.6 Å². The molecule has 0 radical (unpaired) electrons. The zero-order valence-electron chi connectivity index (χ0n) is 6.48. The van der Waals surface area contributed by atoms with Gasteiger partial charge in [-0.15, -0.1) is 0 Å². The van der Waals surface area contributed by atoms with Crippen LogP contribution in [0, 0.1) is 0 Å². The fraction of sp³-hybridized carbons (Fsp3) is 0.125. The zero-order chi connectivity index (χ0) is 8.97.